The van der Waals surface area contributed by atoms with Gasteiger partial charge in [0.05, 0.1) is 17.5 Å². The molecule has 0 radical (unpaired) electrons. The van der Waals surface area contributed by atoms with Gasteiger partial charge in [-0.2, -0.15) is 13.2 Å². The monoisotopic (exact) mass is 227 g/mol. The van der Waals surface area contributed by atoms with Crippen LogP contribution < -0.4 is 0 Å². The van der Waals surface area contributed by atoms with Crippen LogP contribution in [0.2, 0.25) is 0 Å². The fraction of sp³-hybridized carbons (Fsp3) is 0.300. The van der Waals surface area contributed by atoms with E-state index in [1.54, 1.807) is 6.92 Å². The van der Waals surface area contributed by atoms with E-state index >= 15 is 0 Å². The lowest BCUT2D eigenvalue weighted by atomic mass is 10.2. The molecule has 0 aliphatic heterocycles. The van der Waals surface area contributed by atoms with Crippen molar-refractivity contribution in [2.75, 3.05) is 0 Å². The molecule has 6 heteroatoms. The van der Waals surface area contributed by atoms with E-state index in [1.165, 1.54) is 13.1 Å². The summed E-state index contributed by atoms with van der Waals surface area (Å²) in [5.74, 6) is 0. The smallest absolute Gasteiger partial charge is 0.248 e. The molecule has 0 spiro atoms. The Morgan fingerprint density at radius 3 is 2.38 bits per heavy atom. The van der Waals surface area contributed by atoms with Crippen molar-refractivity contribution < 1.29 is 13.2 Å². The number of rotatable bonds is 0. The molecule has 2 heterocycles. The highest BCUT2D eigenvalue weighted by Crippen LogP contribution is 2.33. The second-order valence-corrected chi connectivity index (χ2v) is 3.49. The lowest BCUT2D eigenvalue weighted by Crippen LogP contribution is -2.09. The zero-order chi connectivity index (χ0) is 11.9. The van der Waals surface area contributed by atoms with Crippen LogP contribution in [0.15, 0.2) is 12.3 Å². The van der Waals surface area contributed by atoms with Crippen molar-refractivity contribution in [3.05, 3.63) is 29.2 Å². The predicted octanol–water partition coefficient (Wildman–Crippen LogP) is 2.66. The summed E-state index contributed by atoms with van der Waals surface area (Å²) in [4.78, 5) is 11.6. The highest BCUT2D eigenvalue weighted by molar-refractivity contribution is 5.74. The number of hydrogen-bond donors (Lipinski definition) is 0. The number of hydrogen-bond acceptors (Lipinski definition) is 3. The zero-order valence-corrected chi connectivity index (χ0v) is 8.63. The van der Waals surface area contributed by atoms with E-state index < -0.39 is 11.7 Å². The van der Waals surface area contributed by atoms with Gasteiger partial charge in [-0.15, -0.1) is 0 Å². The fourth-order valence-electron chi connectivity index (χ4n) is 1.43. The topological polar surface area (TPSA) is 38.7 Å². The Bertz CT molecular complexity index is 549. The maximum absolute atomic E-state index is 12.7. The molecule has 0 atom stereocenters. The maximum Gasteiger partial charge on any atom is 0.418 e. The van der Waals surface area contributed by atoms with E-state index in [-0.39, 0.29) is 16.9 Å². The maximum atomic E-state index is 12.7. The van der Waals surface area contributed by atoms with Gasteiger partial charge in [0.15, 0.2) is 5.65 Å². The van der Waals surface area contributed by atoms with E-state index in [0.717, 1.165) is 6.07 Å². The fourth-order valence-corrected chi connectivity index (χ4v) is 1.43. The SMILES string of the molecule is Cc1cc(C(F)(F)F)c2nc(C)cnc2n1. The van der Waals surface area contributed by atoms with Gasteiger partial charge >= 0.3 is 6.18 Å². The Morgan fingerprint density at radius 1 is 1.06 bits per heavy atom. The minimum atomic E-state index is -4.44. The Kier molecular flexibility index (Phi) is 2.29. The number of pyridine rings is 1. The normalized spacial score (nSPS) is 12.1. The molecular weight excluding hydrogens is 219 g/mol. The van der Waals surface area contributed by atoms with E-state index in [9.17, 15) is 13.2 Å². The molecule has 2 rings (SSSR count). The van der Waals surface area contributed by atoms with Crippen molar-refractivity contribution in [1.29, 1.82) is 0 Å². The summed E-state index contributed by atoms with van der Waals surface area (Å²) < 4.78 is 38.2. The van der Waals surface area contributed by atoms with Gasteiger partial charge in [0.1, 0.15) is 5.52 Å². The first-order chi connectivity index (χ1) is 7.38. The molecular formula is C10H8F3N3. The van der Waals surface area contributed by atoms with Crippen molar-refractivity contribution in [3.63, 3.8) is 0 Å². The highest BCUT2D eigenvalue weighted by Gasteiger charge is 2.34. The van der Waals surface area contributed by atoms with Gasteiger partial charge in [0, 0.05) is 5.69 Å². The minimum Gasteiger partial charge on any atom is -0.248 e. The lowest BCUT2D eigenvalue weighted by molar-refractivity contribution is -0.136. The second-order valence-electron chi connectivity index (χ2n) is 3.49. The van der Waals surface area contributed by atoms with Crippen LogP contribution in [0.4, 0.5) is 13.2 Å². The predicted molar refractivity (Wildman–Crippen MR) is 51.8 cm³/mol. The first kappa shape index (κ1) is 10.8. The standard InChI is InChI=1S/C10H8F3N3/c1-5-3-7(10(11,12)13)8-9(16-5)14-4-6(2)15-8/h3-4H,1-2H3. The van der Waals surface area contributed by atoms with Crippen LogP contribution in [-0.4, -0.2) is 15.0 Å². The third kappa shape index (κ3) is 1.82. The Labute approximate surface area is 89.4 Å². The quantitative estimate of drug-likeness (QED) is 0.694. The zero-order valence-electron chi connectivity index (χ0n) is 8.63. The molecule has 0 aromatic carbocycles. The van der Waals surface area contributed by atoms with Crippen molar-refractivity contribution in [2.45, 2.75) is 20.0 Å². The number of aryl methyl sites for hydroxylation is 2. The van der Waals surface area contributed by atoms with Crippen LogP contribution in [0.3, 0.4) is 0 Å². The molecule has 0 N–H and O–H groups in total. The van der Waals surface area contributed by atoms with Crippen molar-refractivity contribution in [1.82, 2.24) is 15.0 Å². The summed E-state index contributed by atoms with van der Waals surface area (Å²) in [5, 5.41) is 0. The summed E-state index contributed by atoms with van der Waals surface area (Å²) in [6, 6.07) is 0.983. The van der Waals surface area contributed by atoms with E-state index in [2.05, 4.69) is 15.0 Å². The van der Waals surface area contributed by atoms with Crippen LogP contribution in [0.5, 0.6) is 0 Å². The largest absolute Gasteiger partial charge is 0.418 e. The minimum absolute atomic E-state index is 0.0259. The van der Waals surface area contributed by atoms with Crippen molar-refractivity contribution in [2.24, 2.45) is 0 Å². The average molecular weight is 227 g/mol. The molecule has 0 unspecified atom stereocenters. The summed E-state index contributed by atoms with van der Waals surface area (Å²) >= 11 is 0. The van der Waals surface area contributed by atoms with Gasteiger partial charge in [-0.05, 0) is 19.9 Å². The van der Waals surface area contributed by atoms with Gasteiger partial charge < -0.3 is 0 Å². The van der Waals surface area contributed by atoms with Crippen LogP contribution in [0.25, 0.3) is 11.2 Å². The molecule has 84 valence electrons. The van der Waals surface area contributed by atoms with Gasteiger partial charge in [-0.1, -0.05) is 0 Å². The number of halogens is 3. The Balaban J connectivity index is 2.85. The first-order valence-electron chi connectivity index (χ1n) is 4.56. The van der Waals surface area contributed by atoms with E-state index in [0.29, 0.717) is 5.69 Å². The molecule has 16 heavy (non-hydrogen) atoms. The van der Waals surface area contributed by atoms with Gasteiger partial charge in [-0.3, -0.25) is 0 Å². The molecule has 3 nitrogen and oxygen atoms in total. The van der Waals surface area contributed by atoms with Gasteiger partial charge in [0.2, 0.25) is 0 Å². The summed E-state index contributed by atoms with van der Waals surface area (Å²) in [7, 11) is 0. The molecule has 0 bridgehead atoms. The number of aromatic nitrogens is 3. The second kappa shape index (κ2) is 3.40. The van der Waals surface area contributed by atoms with Crippen LogP contribution in [0, 0.1) is 13.8 Å². The molecule has 0 aliphatic rings. The number of nitrogens with zero attached hydrogens (tertiary/aromatic N) is 3. The first-order valence-corrected chi connectivity index (χ1v) is 4.56. The molecule has 0 aliphatic carbocycles. The van der Waals surface area contributed by atoms with Crippen molar-refractivity contribution in [3.8, 4) is 0 Å². The summed E-state index contributed by atoms with van der Waals surface area (Å²) in [6.45, 7) is 3.09. The average Bonchev–Trinajstić information content (AvgIpc) is 2.16. The third-order valence-corrected chi connectivity index (χ3v) is 2.07. The molecule has 0 saturated heterocycles. The third-order valence-electron chi connectivity index (χ3n) is 2.07. The van der Waals surface area contributed by atoms with Crippen LogP contribution in [-0.2, 0) is 6.18 Å². The number of alkyl halides is 3. The highest BCUT2D eigenvalue weighted by atomic mass is 19.4. The molecule has 2 aromatic heterocycles. The van der Waals surface area contributed by atoms with Gasteiger partial charge in [0.25, 0.3) is 0 Å². The Hall–Kier alpha value is -1.72. The summed E-state index contributed by atoms with van der Waals surface area (Å²) in [5.41, 5.74) is -0.246. The van der Waals surface area contributed by atoms with Crippen LogP contribution in [0.1, 0.15) is 17.0 Å². The van der Waals surface area contributed by atoms with E-state index in [1.807, 2.05) is 0 Å². The molecule has 0 saturated carbocycles. The number of fused-ring (bicyclic) bond motifs is 1. The molecule has 0 amide bonds. The Morgan fingerprint density at radius 2 is 1.75 bits per heavy atom. The molecule has 2 aromatic rings. The van der Waals surface area contributed by atoms with Crippen LogP contribution >= 0.6 is 0 Å². The molecule has 0 fully saturated rings. The summed E-state index contributed by atoms with van der Waals surface area (Å²) in [6.07, 6.45) is -3.04. The van der Waals surface area contributed by atoms with Crippen molar-refractivity contribution >= 4 is 11.2 Å². The van der Waals surface area contributed by atoms with Gasteiger partial charge in [-0.25, -0.2) is 15.0 Å². The van der Waals surface area contributed by atoms with E-state index in [4.69, 9.17) is 0 Å². The lowest BCUT2D eigenvalue weighted by Gasteiger charge is -2.10.